The lowest BCUT2D eigenvalue weighted by Gasteiger charge is -2.23. The van der Waals surface area contributed by atoms with Gasteiger partial charge in [-0.25, -0.2) is 0 Å². The van der Waals surface area contributed by atoms with Gasteiger partial charge in [-0.2, -0.15) is 0 Å². The molecular weight excluding hydrogens is 188 g/mol. The third-order valence-corrected chi connectivity index (χ3v) is 2.47. The number of aryl methyl sites for hydroxylation is 1. The molecule has 0 aliphatic heterocycles. The van der Waals surface area contributed by atoms with Crippen molar-refractivity contribution in [2.24, 2.45) is 5.73 Å². The third-order valence-electron chi connectivity index (χ3n) is 2.47. The molecule has 0 bridgehead atoms. The zero-order chi connectivity index (χ0) is 11.4. The molecule has 15 heavy (non-hydrogen) atoms. The molecule has 4 nitrogen and oxygen atoms in total. The van der Waals surface area contributed by atoms with E-state index in [-0.39, 0.29) is 11.9 Å². The summed E-state index contributed by atoms with van der Waals surface area (Å²) in [6.07, 6.45) is 0. The van der Waals surface area contributed by atoms with Crippen LogP contribution < -0.4 is 5.73 Å². The normalized spacial score (nSPS) is 12.8. The van der Waals surface area contributed by atoms with Crippen LogP contribution >= 0.6 is 0 Å². The van der Waals surface area contributed by atoms with Crippen molar-refractivity contribution >= 4 is 5.84 Å². The van der Waals surface area contributed by atoms with Gasteiger partial charge in [0.1, 0.15) is 5.84 Å². The van der Waals surface area contributed by atoms with Crippen LogP contribution in [-0.2, 0) is 6.54 Å². The lowest BCUT2D eigenvalue weighted by Crippen LogP contribution is -2.39. The summed E-state index contributed by atoms with van der Waals surface area (Å²) >= 11 is 0. The van der Waals surface area contributed by atoms with Gasteiger partial charge < -0.3 is 5.73 Å². The molecule has 0 radical (unpaired) electrons. The van der Waals surface area contributed by atoms with E-state index in [9.17, 15) is 0 Å². The molecule has 1 atom stereocenters. The lowest BCUT2D eigenvalue weighted by molar-refractivity contribution is 0.297. The summed E-state index contributed by atoms with van der Waals surface area (Å²) in [7, 11) is 1.94. The van der Waals surface area contributed by atoms with Crippen molar-refractivity contribution in [3.63, 3.8) is 0 Å². The highest BCUT2D eigenvalue weighted by Gasteiger charge is 2.12. The first-order chi connectivity index (χ1) is 7.00. The molecule has 1 heterocycles. The molecule has 0 spiro atoms. The second-order valence-corrected chi connectivity index (χ2v) is 3.82. The Kier molecular flexibility index (Phi) is 3.80. The van der Waals surface area contributed by atoms with Gasteiger partial charge in [0.15, 0.2) is 0 Å². The van der Waals surface area contributed by atoms with Crippen LogP contribution in [0.3, 0.4) is 0 Å². The average molecular weight is 206 g/mol. The number of rotatable bonds is 4. The number of nitrogens with zero attached hydrogens (tertiary/aromatic N) is 2. The van der Waals surface area contributed by atoms with E-state index in [0.717, 1.165) is 11.4 Å². The van der Waals surface area contributed by atoms with Gasteiger partial charge in [-0.3, -0.25) is 15.3 Å². The van der Waals surface area contributed by atoms with Crippen LogP contribution in [0.5, 0.6) is 0 Å². The highest BCUT2D eigenvalue weighted by molar-refractivity contribution is 5.82. The van der Waals surface area contributed by atoms with Crippen LogP contribution in [0.25, 0.3) is 0 Å². The number of likely N-dealkylation sites (N-methyl/N-ethyl adjacent to an activating group) is 1. The molecule has 0 aromatic carbocycles. The minimum atomic E-state index is -0.0488. The van der Waals surface area contributed by atoms with Crippen LogP contribution in [0.1, 0.15) is 18.3 Å². The first-order valence-electron chi connectivity index (χ1n) is 4.97. The monoisotopic (exact) mass is 206 g/mol. The van der Waals surface area contributed by atoms with Crippen LogP contribution in [-0.4, -0.2) is 28.8 Å². The number of hydrogen-bond acceptors (Lipinski definition) is 3. The van der Waals surface area contributed by atoms with Gasteiger partial charge in [0.2, 0.25) is 0 Å². The van der Waals surface area contributed by atoms with Crippen molar-refractivity contribution in [2.75, 3.05) is 7.05 Å². The summed E-state index contributed by atoms with van der Waals surface area (Å²) in [4.78, 5) is 6.41. The fourth-order valence-corrected chi connectivity index (χ4v) is 1.32. The summed E-state index contributed by atoms with van der Waals surface area (Å²) in [6, 6.07) is 5.89. The Morgan fingerprint density at radius 2 is 2.27 bits per heavy atom. The Morgan fingerprint density at radius 3 is 2.80 bits per heavy atom. The van der Waals surface area contributed by atoms with Crippen molar-refractivity contribution in [2.45, 2.75) is 26.4 Å². The number of aromatic nitrogens is 1. The fourth-order valence-electron chi connectivity index (χ4n) is 1.32. The van der Waals surface area contributed by atoms with Crippen LogP contribution in [0.4, 0.5) is 0 Å². The first-order valence-corrected chi connectivity index (χ1v) is 4.97. The standard InChI is InChI=1S/C11H18N4/c1-8-5-4-6-10(14-8)7-15(3)9(2)11(12)13/h4-6,9H,7H2,1-3H3,(H3,12,13). The van der Waals surface area contributed by atoms with E-state index < -0.39 is 0 Å². The average Bonchev–Trinajstić information content (AvgIpc) is 2.16. The van der Waals surface area contributed by atoms with Crippen LogP contribution in [0.2, 0.25) is 0 Å². The van der Waals surface area contributed by atoms with Gasteiger partial charge in [0.05, 0.1) is 11.7 Å². The van der Waals surface area contributed by atoms with Gasteiger partial charge >= 0.3 is 0 Å². The van der Waals surface area contributed by atoms with Gasteiger partial charge in [-0.05, 0) is 33.0 Å². The van der Waals surface area contributed by atoms with Crippen LogP contribution in [0.15, 0.2) is 18.2 Å². The smallest absolute Gasteiger partial charge is 0.108 e. The quantitative estimate of drug-likeness (QED) is 0.573. The zero-order valence-electron chi connectivity index (χ0n) is 9.49. The Labute approximate surface area is 90.6 Å². The van der Waals surface area contributed by atoms with Crippen molar-refractivity contribution in [3.8, 4) is 0 Å². The minimum absolute atomic E-state index is 0.0488. The summed E-state index contributed by atoms with van der Waals surface area (Å²) in [6.45, 7) is 4.60. The summed E-state index contributed by atoms with van der Waals surface area (Å²) in [5.41, 5.74) is 7.46. The van der Waals surface area contributed by atoms with Gasteiger partial charge in [-0.1, -0.05) is 6.07 Å². The van der Waals surface area contributed by atoms with Crippen molar-refractivity contribution in [1.29, 1.82) is 5.41 Å². The molecule has 0 fully saturated rings. The lowest BCUT2D eigenvalue weighted by atomic mass is 10.2. The predicted molar refractivity (Wildman–Crippen MR) is 61.8 cm³/mol. The molecule has 4 heteroatoms. The molecule has 1 rings (SSSR count). The van der Waals surface area contributed by atoms with E-state index in [1.54, 1.807) is 0 Å². The maximum Gasteiger partial charge on any atom is 0.108 e. The summed E-state index contributed by atoms with van der Waals surface area (Å²) < 4.78 is 0. The number of nitrogens with two attached hydrogens (primary N) is 1. The molecular formula is C11H18N4. The molecule has 82 valence electrons. The van der Waals surface area contributed by atoms with Gasteiger partial charge in [0.25, 0.3) is 0 Å². The number of hydrogen-bond donors (Lipinski definition) is 2. The molecule has 1 unspecified atom stereocenters. The molecule has 1 aromatic rings. The molecule has 1 aromatic heterocycles. The van der Waals surface area contributed by atoms with E-state index in [1.165, 1.54) is 0 Å². The van der Waals surface area contributed by atoms with E-state index in [4.69, 9.17) is 11.1 Å². The maximum absolute atomic E-state index is 7.35. The van der Waals surface area contributed by atoms with Crippen molar-refractivity contribution < 1.29 is 0 Å². The zero-order valence-corrected chi connectivity index (χ0v) is 9.49. The number of nitrogens with one attached hydrogen (secondary N) is 1. The summed E-state index contributed by atoms with van der Waals surface area (Å²) in [5, 5.41) is 7.35. The topological polar surface area (TPSA) is 66.0 Å². The SMILES string of the molecule is Cc1cccc(CN(C)C(C)C(=N)N)n1. The van der Waals surface area contributed by atoms with E-state index in [0.29, 0.717) is 6.54 Å². The maximum atomic E-state index is 7.35. The van der Waals surface area contributed by atoms with E-state index >= 15 is 0 Å². The molecule has 0 aliphatic rings. The largest absolute Gasteiger partial charge is 0.386 e. The van der Waals surface area contributed by atoms with Crippen LogP contribution in [0, 0.1) is 12.3 Å². The van der Waals surface area contributed by atoms with E-state index in [2.05, 4.69) is 4.98 Å². The highest BCUT2D eigenvalue weighted by atomic mass is 15.1. The Bertz CT molecular complexity index is 348. The molecule has 3 N–H and O–H groups in total. The Hall–Kier alpha value is -1.42. The first kappa shape index (κ1) is 11.7. The molecule has 0 saturated carbocycles. The predicted octanol–water partition coefficient (Wildman–Crippen LogP) is 1.15. The fraction of sp³-hybridized carbons (Fsp3) is 0.455. The molecule has 0 aliphatic carbocycles. The van der Waals surface area contributed by atoms with Gasteiger partial charge in [-0.15, -0.1) is 0 Å². The summed E-state index contributed by atoms with van der Waals surface area (Å²) in [5.74, 6) is 0.185. The number of pyridine rings is 1. The second kappa shape index (κ2) is 4.89. The third kappa shape index (κ3) is 3.32. The Morgan fingerprint density at radius 1 is 1.60 bits per heavy atom. The van der Waals surface area contributed by atoms with Crippen molar-refractivity contribution in [3.05, 3.63) is 29.6 Å². The minimum Gasteiger partial charge on any atom is -0.386 e. The van der Waals surface area contributed by atoms with Crippen molar-refractivity contribution in [1.82, 2.24) is 9.88 Å². The molecule has 0 amide bonds. The highest BCUT2D eigenvalue weighted by Crippen LogP contribution is 2.04. The van der Waals surface area contributed by atoms with E-state index in [1.807, 2.05) is 44.0 Å². The number of amidine groups is 1. The molecule has 0 saturated heterocycles. The van der Waals surface area contributed by atoms with Gasteiger partial charge in [0, 0.05) is 12.2 Å². The Balaban J connectivity index is 2.66. The second-order valence-electron chi connectivity index (χ2n) is 3.82.